The van der Waals surface area contributed by atoms with Crippen molar-refractivity contribution in [1.29, 1.82) is 0 Å². The lowest BCUT2D eigenvalue weighted by Gasteiger charge is -2.16. The number of aliphatic hydroxyl groups is 1. The Kier molecular flexibility index (Phi) is 3.41. The number of pyridine rings is 1. The van der Waals surface area contributed by atoms with Crippen LogP contribution in [0.5, 0.6) is 0 Å². The number of carbonyl (C=O) groups excluding carboxylic acids is 1. The van der Waals surface area contributed by atoms with E-state index in [2.05, 4.69) is 4.98 Å². The first-order chi connectivity index (χ1) is 6.66. The minimum Gasteiger partial charge on any atom is -0.398 e. The molecule has 1 rings (SSSR count). The first kappa shape index (κ1) is 10.5. The Labute approximate surface area is 82.2 Å². The fraction of sp³-hybridized carbons (Fsp3) is 0.333. The minimum atomic E-state index is -0.232. The SMILES string of the molecule is CN(CCO)C(=O)c1cnccc1N. The summed E-state index contributed by atoms with van der Waals surface area (Å²) in [5, 5.41) is 8.66. The Bertz CT molecular complexity index is 328. The van der Waals surface area contributed by atoms with Gasteiger partial charge in [0.15, 0.2) is 0 Å². The van der Waals surface area contributed by atoms with Gasteiger partial charge in [-0.25, -0.2) is 0 Å². The molecule has 0 aliphatic heterocycles. The molecule has 0 aliphatic carbocycles. The van der Waals surface area contributed by atoms with Gasteiger partial charge in [0.25, 0.3) is 5.91 Å². The van der Waals surface area contributed by atoms with E-state index in [1.54, 1.807) is 13.1 Å². The van der Waals surface area contributed by atoms with Crippen LogP contribution in [0.15, 0.2) is 18.5 Å². The fourth-order valence-electron chi connectivity index (χ4n) is 1.04. The largest absolute Gasteiger partial charge is 0.398 e. The van der Waals surface area contributed by atoms with Crippen LogP contribution in [0, 0.1) is 0 Å². The van der Waals surface area contributed by atoms with Gasteiger partial charge in [0, 0.05) is 31.7 Å². The lowest BCUT2D eigenvalue weighted by atomic mass is 10.2. The first-order valence-electron chi connectivity index (χ1n) is 4.22. The molecular weight excluding hydrogens is 182 g/mol. The van der Waals surface area contributed by atoms with Crippen molar-refractivity contribution in [1.82, 2.24) is 9.88 Å². The quantitative estimate of drug-likeness (QED) is 0.695. The summed E-state index contributed by atoms with van der Waals surface area (Å²) in [6.45, 7) is 0.218. The highest BCUT2D eigenvalue weighted by atomic mass is 16.3. The monoisotopic (exact) mass is 195 g/mol. The third-order valence-electron chi connectivity index (χ3n) is 1.87. The highest BCUT2D eigenvalue weighted by Crippen LogP contribution is 2.10. The van der Waals surface area contributed by atoms with Crippen molar-refractivity contribution in [3.05, 3.63) is 24.0 Å². The summed E-state index contributed by atoms with van der Waals surface area (Å²) in [4.78, 5) is 16.9. The van der Waals surface area contributed by atoms with Crippen LogP contribution in [0.4, 0.5) is 5.69 Å². The van der Waals surface area contributed by atoms with Crippen molar-refractivity contribution in [2.24, 2.45) is 0 Å². The van der Waals surface area contributed by atoms with Gasteiger partial charge in [-0.1, -0.05) is 0 Å². The van der Waals surface area contributed by atoms with Gasteiger partial charge in [0.2, 0.25) is 0 Å². The van der Waals surface area contributed by atoms with E-state index < -0.39 is 0 Å². The molecule has 0 radical (unpaired) electrons. The third kappa shape index (κ3) is 2.20. The number of carbonyl (C=O) groups is 1. The summed E-state index contributed by atoms with van der Waals surface area (Å²) in [6.07, 6.45) is 2.95. The van der Waals surface area contributed by atoms with Gasteiger partial charge in [0.05, 0.1) is 12.2 Å². The molecule has 5 nitrogen and oxygen atoms in total. The zero-order chi connectivity index (χ0) is 10.6. The van der Waals surface area contributed by atoms with Crippen LogP contribution >= 0.6 is 0 Å². The summed E-state index contributed by atoms with van der Waals surface area (Å²) in [5.41, 5.74) is 6.37. The highest BCUT2D eigenvalue weighted by molar-refractivity contribution is 5.98. The summed E-state index contributed by atoms with van der Waals surface area (Å²) >= 11 is 0. The molecule has 0 atom stereocenters. The van der Waals surface area contributed by atoms with Gasteiger partial charge in [-0.15, -0.1) is 0 Å². The lowest BCUT2D eigenvalue weighted by molar-refractivity contribution is 0.0767. The number of hydrogen-bond acceptors (Lipinski definition) is 4. The van der Waals surface area contributed by atoms with Gasteiger partial charge in [0.1, 0.15) is 0 Å². The van der Waals surface area contributed by atoms with Crippen LogP contribution < -0.4 is 5.73 Å². The standard InChI is InChI=1S/C9H13N3O2/c1-12(4-5-13)9(14)7-6-11-3-2-8(7)10/h2-3,6,13H,4-5H2,1H3,(H2,10,11). The fourth-order valence-corrected chi connectivity index (χ4v) is 1.04. The molecule has 0 aromatic carbocycles. The van der Waals surface area contributed by atoms with E-state index in [9.17, 15) is 4.79 Å². The summed E-state index contributed by atoms with van der Waals surface area (Å²) in [6, 6.07) is 1.57. The molecule has 0 saturated heterocycles. The molecule has 5 heteroatoms. The third-order valence-corrected chi connectivity index (χ3v) is 1.87. The normalized spacial score (nSPS) is 9.86. The van der Waals surface area contributed by atoms with Crippen molar-refractivity contribution in [3.8, 4) is 0 Å². The van der Waals surface area contributed by atoms with Crippen molar-refractivity contribution in [2.45, 2.75) is 0 Å². The number of anilines is 1. The Morgan fingerprint density at radius 1 is 1.71 bits per heavy atom. The topological polar surface area (TPSA) is 79.5 Å². The molecular formula is C9H13N3O2. The summed E-state index contributed by atoms with van der Waals surface area (Å²) < 4.78 is 0. The van der Waals surface area contributed by atoms with Gasteiger partial charge in [-0.3, -0.25) is 9.78 Å². The van der Waals surface area contributed by atoms with Crippen molar-refractivity contribution >= 4 is 11.6 Å². The van der Waals surface area contributed by atoms with Crippen LogP contribution in [-0.4, -0.2) is 41.1 Å². The van der Waals surface area contributed by atoms with E-state index in [1.807, 2.05) is 0 Å². The minimum absolute atomic E-state index is 0.0671. The molecule has 0 bridgehead atoms. The number of nitrogen functional groups attached to an aromatic ring is 1. The highest BCUT2D eigenvalue weighted by Gasteiger charge is 2.13. The molecule has 0 unspecified atom stereocenters. The number of hydrogen-bond donors (Lipinski definition) is 2. The Hall–Kier alpha value is -1.62. The van der Waals surface area contributed by atoms with Crippen LogP contribution in [0.25, 0.3) is 0 Å². The van der Waals surface area contributed by atoms with E-state index in [0.717, 1.165) is 0 Å². The average molecular weight is 195 g/mol. The van der Waals surface area contributed by atoms with Crippen molar-refractivity contribution < 1.29 is 9.90 Å². The molecule has 1 heterocycles. The zero-order valence-electron chi connectivity index (χ0n) is 7.97. The number of amides is 1. The second kappa shape index (κ2) is 4.57. The molecule has 76 valence electrons. The second-order valence-electron chi connectivity index (χ2n) is 2.91. The zero-order valence-corrected chi connectivity index (χ0v) is 7.97. The molecule has 1 aromatic heterocycles. The second-order valence-corrected chi connectivity index (χ2v) is 2.91. The van der Waals surface area contributed by atoms with E-state index in [4.69, 9.17) is 10.8 Å². The predicted octanol–water partition coefficient (Wildman–Crippen LogP) is -0.272. The molecule has 14 heavy (non-hydrogen) atoms. The molecule has 1 amide bonds. The summed E-state index contributed by atoms with van der Waals surface area (Å²) in [5.74, 6) is -0.232. The van der Waals surface area contributed by atoms with Gasteiger partial charge >= 0.3 is 0 Å². The number of rotatable bonds is 3. The maximum Gasteiger partial charge on any atom is 0.257 e. The van der Waals surface area contributed by atoms with Gasteiger partial charge in [-0.2, -0.15) is 0 Å². The average Bonchev–Trinajstić information content (AvgIpc) is 2.18. The number of likely N-dealkylation sites (N-methyl/N-ethyl adjacent to an activating group) is 1. The Morgan fingerprint density at radius 2 is 2.43 bits per heavy atom. The first-order valence-corrected chi connectivity index (χ1v) is 4.22. The van der Waals surface area contributed by atoms with Crippen molar-refractivity contribution in [2.75, 3.05) is 25.9 Å². The van der Waals surface area contributed by atoms with E-state index in [1.165, 1.54) is 17.3 Å². The Balaban J connectivity index is 2.84. The van der Waals surface area contributed by atoms with Gasteiger partial charge in [-0.05, 0) is 6.07 Å². The van der Waals surface area contributed by atoms with E-state index in [0.29, 0.717) is 11.3 Å². The summed E-state index contributed by atoms with van der Waals surface area (Å²) in [7, 11) is 1.60. The number of aromatic nitrogens is 1. The molecule has 0 aliphatic rings. The molecule has 1 aromatic rings. The lowest BCUT2D eigenvalue weighted by Crippen LogP contribution is -2.30. The maximum absolute atomic E-state index is 11.7. The maximum atomic E-state index is 11.7. The molecule has 0 saturated carbocycles. The number of nitrogens with two attached hydrogens (primary N) is 1. The van der Waals surface area contributed by atoms with Crippen LogP contribution in [-0.2, 0) is 0 Å². The molecule has 0 fully saturated rings. The van der Waals surface area contributed by atoms with Gasteiger partial charge < -0.3 is 15.7 Å². The molecule has 0 spiro atoms. The van der Waals surface area contributed by atoms with Crippen LogP contribution in [0.3, 0.4) is 0 Å². The number of nitrogens with zero attached hydrogens (tertiary/aromatic N) is 2. The van der Waals surface area contributed by atoms with Crippen LogP contribution in [0.2, 0.25) is 0 Å². The van der Waals surface area contributed by atoms with E-state index in [-0.39, 0.29) is 19.1 Å². The van der Waals surface area contributed by atoms with Crippen LogP contribution in [0.1, 0.15) is 10.4 Å². The van der Waals surface area contributed by atoms with Crippen molar-refractivity contribution in [3.63, 3.8) is 0 Å². The van der Waals surface area contributed by atoms with E-state index >= 15 is 0 Å². The molecule has 3 N–H and O–H groups in total. The Morgan fingerprint density at radius 3 is 3.00 bits per heavy atom. The number of aliphatic hydroxyl groups excluding tert-OH is 1. The predicted molar refractivity (Wildman–Crippen MR) is 52.7 cm³/mol. The smallest absolute Gasteiger partial charge is 0.257 e.